The number of rotatable bonds is 6. The molecule has 0 amide bonds. The number of hydrogen-bond donors (Lipinski definition) is 0. The molecule has 0 aliphatic carbocycles. The minimum atomic E-state index is 0.626. The van der Waals surface area contributed by atoms with Crippen molar-refractivity contribution in [3.05, 3.63) is 70.8 Å². The van der Waals surface area contributed by atoms with Crippen molar-refractivity contribution in [2.75, 3.05) is 27.2 Å². The number of nitroso groups, excluding NO2 is 2. The molecule has 0 saturated carbocycles. The lowest BCUT2D eigenvalue weighted by Crippen LogP contribution is -2.21. The third kappa shape index (κ3) is 3.40. The van der Waals surface area contributed by atoms with Crippen LogP contribution in [-0.2, 0) is 0 Å². The van der Waals surface area contributed by atoms with Crippen LogP contribution in [0, 0.1) is 9.81 Å². The Labute approximate surface area is 128 Å². The Balaban J connectivity index is 1.89. The summed E-state index contributed by atoms with van der Waals surface area (Å²) in [5, 5.41) is 5.64. The Morgan fingerprint density at radius 2 is 1.23 bits per heavy atom. The summed E-state index contributed by atoms with van der Waals surface area (Å²) in [7, 11) is 3.71. The molecule has 0 unspecified atom stereocenters. The summed E-state index contributed by atoms with van der Waals surface area (Å²) in [5.41, 5.74) is 0. The van der Waals surface area contributed by atoms with Crippen molar-refractivity contribution in [1.29, 1.82) is 0 Å². The monoisotopic (exact) mass is 302 g/mol. The van der Waals surface area contributed by atoms with E-state index in [4.69, 9.17) is 0 Å². The molecule has 0 aromatic heterocycles. The molecule has 2 aliphatic heterocycles. The molecule has 2 aliphatic rings. The molecule has 2 rings (SSSR count). The van der Waals surface area contributed by atoms with Gasteiger partial charge in [0.1, 0.15) is 24.0 Å². The van der Waals surface area contributed by atoms with Gasteiger partial charge in [0.05, 0.1) is 0 Å². The van der Waals surface area contributed by atoms with Gasteiger partial charge in [-0.15, -0.1) is 9.81 Å². The van der Waals surface area contributed by atoms with Crippen molar-refractivity contribution in [3.8, 4) is 0 Å². The van der Waals surface area contributed by atoms with Crippen LogP contribution in [0.1, 0.15) is 0 Å². The first-order valence-corrected chi connectivity index (χ1v) is 6.73. The van der Waals surface area contributed by atoms with E-state index in [9.17, 15) is 9.81 Å². The molecular formula is C14H18N6O2. The van der Waals surface area contributed by atoms with E-state index >= 15 is 0 Å². The fourth-order valence-electron chi connectivity index (χ4n) is 2.18. The van der Waals surface area contributed by atoms with Gasteiger partial charge in [-0.3, -0.25) is 0 Å². The lowest BCUT2D eigenvalue weighted by Gasteiger charge is -2.20. The Hall–Kier alpha value is -2.90. The highest BCUT2D eigenvalue weighted by Crippen LogP contribution is 2.19. The molecule has 0 spiro atoms. The van der Waals surface area contributed by atoms with Gasteiger partial charge in [0.15, 0.2) is 0 Å². The highest BCUT2D eigenvalue weighted by atomic mass is 16.3. The lowest BCUT2D eigenvalue weighted by molar-refractivity contribution is 0.412. The quantitative estimate of drug-likeness (QED) is 0.553. The molecule has 0 saturated heterocycles. The van der Waals surface area contributed by atoms with E-state index in [2.05, 4.69) is 10.4 Å². The van der Waals surface area contributed by atoms with Crippen molar-refractivity contribution < 1.29 is 0 Å². The van der Waals surface area contributed by atoms with E-state index in [0.29, 0.717) is 13.1 Å². The summed E-state index contributed by atoms with van der Waals surface area (Å²) in [4.78, 5) is 28.3. The van der Waals surface area contributed by atoms with Gasteiger partial charge in [-0.25, -0.2) is 0 Å². The second-order valence-electron chi connectivity index (χ2n) is 4.78. The summed E-state index contributed by atoms with van der Waals surface area (Å²) in [6.07, 6.45) is 14.0. The Morgan fingerprint density at radius 3 is 1.59 bits per heavy atom. The molecule has 0 aromatic carbocycles. The topological polar surface area (TPSA) is 71.8 Å². The van der Waals surface area contributed by atoms with E-state index in [1.807, 2.05) is 70.6 Å². The van der Waals surface area contributed by atoms with Crippen molar-refractivity contribution >= 4 is 0 Å². The van der Waals surface area contributed by atoms with Crippen LogP contribution in [0.4, 0.5) is 0 Å². The first-order chi connectivity index (χ1) is 10.7. The van der Waals surface area contributed by atoms with Crippen LogP contribution in [0.25, 0.3) is 0 Å². The minimum absolute atomic E-state index is 0.626. The Kier molecular flexibility index (Phi) is 5.07. The molecule has 0 aromatic rings. The molecule has 2 heterocycles. The summed E-state index contributed by atoms with van der Waals surface area (Å²) in [6.45, 7) is 1.25. The molecule has 22 heavy (non-hydrogen) atoms. The summed E-state index contributed by atoms with van der Waals surface area (Å²) < 4.78 is 0. The van der Waals surface area contributed by atoms with Gasteiger partial charge in [-0.2, -0.15) is 0 Å². The van der Waals surface area contributed by atoms with Gasteiger partial charge >= 0.3 is 0 Å². The second-order valence-corrected chi connectivity index (χ2v) is 4.78. The first-order valence-electron chi connectivity index (χ1n) is 6.73. The van der Waals surface area contributed by atoms with Crippen molar-refractivity contribution in [2.24, 2.45) is 10.4 Å². The molecular weight excluding hydrogens is 284 g/mol. The van der Waals surface area contributed by atoms with Crippen LogP contribution in [0.5, 0.6) is 0 Å². The van der Waals surface area contributed by atoms with E-state index in [1.54, 1.807) is 0 Å². The molecule has 0 atom stereocenters. The highest BCUT2D eigenvalue weighted by molar-refractivity contribution is 5.16. The Bertz CT molecular complexity index is 528. The smallest absolute Gasteiger partial charge is 0.135 e. The average Bonchev–Trinajstić information content (AvgIpc) is 3.02. The fourth-order valence-corrected chi connectivity index (χ4v) is 2.18. The largest absolute Gasteiger partial charge is 0.335 e. The highest BCUT2D eigenvalue weighted by Gasteiger charge is 2.16. The van der Waals surface area contributed by atoms with Crippen LogP contribution >= 0.6 is 0 Å². The molecule has 0 N–H and O–H groups in total. The van der Waals surface area contributed by atoms with Crippen LogP contribution in [-0.4, -0.2) is 46.8 Å². The van der Waals surface area contributed by atoms with Crippen LogP contribution in [0.15, 0.2) is 71.3 Å². The predicted molar refractivity (Wildman–Crippen MR) is 84.1 cm³/mol. The van der Waals surface area contributed by atoms with Crippen LogP contribution in [0.2, 0.25) is 0 Å². The van der Waals surface area contributed by atoms with Crippen LogP contribution < -0.4 is 0 Å². The molecule has 0 fully saturated rings. The van der Waals surface area contributed by atoms with Gasteiger partial charge in [0, 0.05) is 52.0 Å². The van der Waals surface area contributed by atoms with Gasteiger partial charge in [-0.05, 0) is 10.4 Å². The maximum Gasteiger partial charge on any atom is 0.135 e. The van der Waals surface area contributed by atoms with Gasteiger partial charge in [-0.1, -0.05) is 12.2 Å². The zero-order chi connectivity index (χ0) is 15.9. The Morgan fingerprint density at radius 1 is 0.818 bits per heavy atom. The second kappa shape index (κ2) is 7.21. The molecule has 0 radical (unpaired) electrons. The number of nitrogens with zero attached hydrogens (tertiary/aromatic N) is 6. The van der Waals surface area contributed by atoms with E-state index < -0.39 is 0 Å². The summed E-state index contributed by atoms with van der Waals surface area (Å²) >= 11 is 0. The molecule has 8 heteroatoms. The molecule has 0 bridgehead atoms. The summed E-state index contributed by atoms with van der Waals surface area (Å²) in [6, 6.07) is 0. The zero-order valence-corrected chi connectivity index (χ0v) is 12.5. The van der Waals surface area contributed by atoms with Crippen LogP contribution in [0.3, 0.4) is 0 Å². The summed E-state index contributed by atoms with van der Waals surface area (Å²) in [5.74, 6) is 1.46. The average molecular weight is 302 g/mol. The molecule has 8 nitrogen and oxygen atoms in total. The maximum atomic E-state index is 10.4. The first kappa shape index (κ1) is 15.5. The molecule has 116 valence electrons. The normalized spacial score (nSPS) is 21.2. The minimum Gasteiger partial charge on any atom is -0.335 e. The number of hydrogen-bond acceptors (Lipinski definition) is 8. The lowest BCUT2D eigenvalue weighted by atomic mass is 10.4. The van der Waals surface area contributed by atoms with E-state index in [-0.39, 0.29) is 0 Å². The van der Waals surface area contributed by atoms with Crippen molar-refractivity contribution in [2.45, 2.75) is 0 Å². The zero-order valence-electron chi connectivity index (χ0n) is 12.5. The van der Waals surface area contributed by atoms with Gasteiger partial charge < -0.3 is 19.6 Å². The SMILES string of the molecule is CN1C=CN(C/C=C/CN2C=CN(C)/C2=C\N=O)/C1=C/N=O. The maximum absolute atomic E-state index is 10.4. The third-order valence-corrected chi connectivity index (χ3v) is 3.36. The third-order valence-electron chi connectivity index (χ3n) is 3.36. The van der Waals surface area contributed by atoms with Crippen molar-refractivity contribution in [1.82, 2.24) is 19.6 Å². The fraction of sp³-hybridized carbons (Fsp3) is 0.286. The van der Waals surface area contributed by atoms with Gasteiger partial charge in [0.2, 0.25) is 0 Å². The predicted octanol–water partition coefficient (Wildman–Crippen LogP) is 2.11. The van der Waals surface area contributed by atoms with E-state index in [1.165, 1.54) is 12.4 Å². The van der Waals surface area contributed by atoms with Crippen molar-refractivity contribution in [3.63, 3.8) is 0 Å². The van der Waals surface area contributed by atoms with Gasteiger partial charge in [0.25, 0.3) is 0 Å². The standard InChI is InChI=1S/C14H18N6O2/c1-17-7-9-19(13(17)11-15-21)5-3-4-6-20-10-8-18(2)14(20)12-16-22/h3-4,7-12H,5-6H2,1-2H3/b4-3+,13-11+,14-12+. The van der Waals surface area contributed by atoms with E-state index in [0.717, 1.165) is 11.6 Å².